The number of hydrogen-bond donors (Lipinski definition) is 1. The number of carbonyl (C=O) groups is 1. The molecule has 22 heavy (non-hydrogen) atoms. The largest absolute Gasteiger partial charge is 0.350 e. The van der Waals surface area contributed by atoms with E-state index in [4.69, 9.17) is 0 Å². The number of ketones is 1. The molecule has 3 aromatic rings. The van der Waals surface area contributed by atoms with Crippen LogP contribution in [-0.2, 0) is 6.54 Å². The molecule has 0 spiro atoms. The van der Waals surface area contributed by atoms with Crippen LogP contribution in [0.3, 0.4) is 0 Å². The minimum atomic E-state index is 0.0834. The van der Waals surface area contributed by atoms with E-state index < -0.39 is 0 Å². The van der Waals surface area contributed by atoms with Crippen molar-refractivity contribution >= 4 is 33.3 Å². The maximum absolute atomic E-state index is 12.3. The summed E-state index contributed by atoms with van der Waals surface area (Å²) < 4.78 is 0.878. The number of hydrogen-bond acceptors (Lipinski definition) is 5. The van der Waals surface area contributed by atoms with Crippen molar-refractivity contribution in [2.45, 2.75) is 26.3 Å². The Morgan fingerprint density at radius 2 is 2.00 bits per heavy atom. The summed E-state index contributed by atoms with van der Waals surface area (Å²) in [4.78, 5) is 21.2. The first-order valence-corrected chi connectivity index (χ1v) is 8.22. The van der Waals surface area contributed by atoms with Gasteiger partial charge in [0.05, 0.1) is 10.2 Å². The normalized spacial score (nSPS) is 10.8. The van der Waals surface area contributed by atoms with Crippen LogP contribution in [0.4, 0.5) is 5.95 Å². The minimum Gasteiger partial charge on any atom is -0.350 e. The molecule has 0 aliphatic rings. The first kappa shape index (κ1) is 14.7. The van der Waals surface area contributed by atoms with Gasteiger partial charge in [0.15, 0.2) is 5.78 Å². The monoisotopic (exact) mass is 311 g/mol. The second-order valence-corrected chi connectivity index (χ2v) is 5.96. The predicted octanol–water partition coefficient (Wildman–Crippen LogP) is 4.29. The van der Waals surface area contributed by atoms with Crippen molar-refractivity contribution in [2.24, 2.45) is 0 Å². The van der Waals surface area contributed by atoms with E-state index in [-0.39, 0.29) is 5.78 Å². The van der Waals surface area contributed by atoms with Crippen LogP contribution in [0.25, 0.3) is 10.2 Å². The molecule has 3 rings (SSSR count). The van der Waals surface area contributed by atoms with Crippen molar-refractivity contribution in [3.8, 4) is 0 Å². The second-order valence-electron chi connectivity index (χ2n) is 5.04. The maximum atomic E-state index is 12.3. The van der Waals surface area contributed by atoms with Gasteiger partial charge >= 0.3 is 0 Å². The molecule has 0 saturated heterocycles. The third kappa shape index (κ3) is 3.14. The van der Waals surface area contributed by atoms with E-state index in [9.17, 15) is 4.79 Å². The summed E-state index contributed by atoms with van der Waals surface area (Å²) in [7, 11) is 0. The Kier molecular flexibility index (Phi) is 4.44. The van der Waals surface area contributed by atoms with Crippen LogP contribution >= 0.6 is 11.3 Å². The highest BCUT2D eigenvalue weighted by Gasteiger charge is 2.15. The summed E-state index contributed by atoms with van der Waals surface area (Å²) in [6.07, 6.45) is 1.34. The summed E-state index contributed by atoms with van der Waals surface area (Å²) in [6.45, 7) is 2.64. The molecule has 0 unspecified atom stereocenters. The lowest BCUT2D eigenvalue weighted by atomic mass is 10.1. The number of fused-ring (bicyclic) bond motifs is 1. The molecule has 0 aliphatic carbocycles. The van der Waals surface area contributed by atoms with E-state index in [1.807, 2.05) is 48.7 Å². The smallest absolute Gasteiger partial charge is 0.224 e. The topological polar surface area (TPSA) is 54.9 Å². The Balaban J connectivity index is 1.88. The van der Waals surface area contributed by atoms with Crippen LogP contribution in [0.5, 0.6) is 0 Å². The fraction of sp³-hybridized carbons (Fsp3) is 0.235. The van der Waals surface area contributed by atoms with Gasteiger partial charge in [-0.2, -0.15) is 0 Å². The summed E-state index contributed by atoms with van der Waals surface area (Å²) in [6, 6.07) is 12.0. The summed E-state index contributed by atoms with van der Waals surface area (Å²) >= 11 is 1.52. The molecular formula is C17H17N3OS. The van der Waals surface area contributed by atoms with Crippen molar-refractivity contribution in [1.29, 1.82) is 0 Å². The van der Waals surface area contributed by atoms with Crippen LogP contribution < -0.4 is 5.32 Å². The first-order valence-electron chi connectivity index (χ1n) is 7.34. The zero-order valence-electron chi connectivity index (χ0n) is 12.4. The average Bonchev–Trinajstić information content (AvgIpc) is 3.01. The molecule has 0 aliphatic heterocycles. The van der Waals surface area contributed by atoms with Crippen molar-refractivity contribution in [3.05, 3.63) is 53.0 Å². The number of rotatable bonds is 6. The van der Waals surface area contributed by atoms with Crippen LogP contribution in [-0.4, -0.2) is 15.8 Å². The second kappa shape index (κ2) is 6.66. The van der Waals surface area contributed by atoms with E-state index in [0.29, 0.717) is 24.6 Å². The highest BCUT2D eigenvalue weighted by Crippen LogP contribution is 2.25. The van der Waals surface area contributed by atoms with Gasteiger partial charge in [-0.25, -0.2) is 9.97 Å². The average molecular weight is 311 g/mol. The SMILES string of the molecule is CCCC(=O)c1nc(NCc2ccccc2)nc2ccsc12. The van der Waals surface area contributed by atoms with Crippen LogP contribution in [0.2, 0.25) is 0 Å². The molecule has 0 atom stereocenters. The van der Waals surface area contributed by atoms with Gasteiger partial charge in [-0.05, 0) is 23.4 Å². The lowest BCUT2D eigenvalue weighted by molar-refractivity contribution is 0.0979. The zero-order chi connectivity index (χ0) is 15.4. The Morgan fingerprint density at radius 1 is 1.18 bits per heavy atom. The van der Waals surface area contributed by atoms with E-state index in [1.165, 1.54) is 11.3 Å². The predicted molar refractivity (Wildman–Crippen MR) is 90.4 cm³/mol. The van der Waals surface area contributed by atoms with Gasteiger partial charge in [0.25, 0.3) is 0 Å². The molecule has 112 valence electrons. The van der Waals surface area contributed by atoms with Gasteiger partial charge in [0.2, 0.25) is 5.95 Å². The molecule has 1 N–H and O–H groups in total. The fourth-order valence-corrected chi connectivity index (χ4v) is 3.09. The fourth-order valence-electron chi connectivity index (χ4n) is 2.25. The Bertz CT molecular complexity index is 783. The standard InChI is InChI=1S/C17H17N3OS/c1-2-6-14(21)15-16-13(9-10-22-16)19-17(20-15)18-11-12-7-4-3-5-8-12/h3-5,7-10H,2,6,11H2,1H3,(H,18,19,20). The summed E-state index contributed by atoms with van der Waals surface area (Å²) in [5.74, 6) is 0.592. The van der Waals surface area contributed by atoms with Gasteiger partial charge < -0.3 is 5.32 Å². The highest BCUT2D eigenvalue weighted by molar-refractivity contribution is 7.17. The number of nitrogens with one attached hydrogen (secondary N) is 1. The lowest BCUT2D eigenvalue weighted by Crippen LogP contribution is -2.08. The van der Waals surface area contributed by atoms with E-state index in [2.05, 4.69) is 15.3 Å². The number of benzene rings is 1. The van der Waals surface area contributed by atoms with E-state index in [1.54, 1.807) is 0 Å². The first-order chi connectivity index (χ1) is 10.8. The Morgan fingerprint density at radius 3 is 2.77 bits per heavy atom. The van der Waals surface area contributed by atoms with Gasteiger partial charge in [-0.1, -0.05) is 37.3 Å². The molecule has 0 fully saturated rings. The molecule has 0 saturated carbocycles. The Labute approximate surface area is 133 Å². The van der Waals surface area contributed by atoms with Gasteiger partial charge in [0, 0.05) is 13.0 Å². The maximum Gasteiger partial charge on any atom is 0.224 e. The molecular weight excluding hydrogens is 294 g/mol. The zero-order valence-corrected chi connectivity index (χ0v) is 13.2. The van der Waals surface area contributed by atoms with E-state index in [0.717, 1.165) is 22.2 Å². The summed E-state index contributed by atoms with van der Waals surface area (Å²) in [5.41, 5.74) is 2.52. The third-order valence-corrected chi connectivity index (χ3v) is 4.25. The quantitative estimate of drug-likeness (QED) is 0.690. The van der Waals surface area contributed by atoms with Crippen LogP contribution in [0.1, 0.15) is 35.8 Å². The molecule has 0 amide bonds. The third-order valence-electron chi connectivity index (χ3n) is 3.34. The molecule has 5 heteroatoms. The van der Waals surface area contributed by atoms with Crippen molar-refractivity contribution in [1.82, 2.24) is 9.97 Å². The number of Topliss-reactive ketones (excluding diaryl/α,β-unsaturated/α-hetero) is 1. The minimum absolute atomic E-state index is 0.0834. The number of carbonyl (C=O) groups excluding carboxylic acids is 1. The molecule has 2 aromatic heterocycles. The van der Waals surface area contributed by atoms with Crippen LogP contribution in [0, 0.1) is 0 Å². The number of thiophene rings is 1. The van der Waals surface area contributed by atoms with Crippen LogP contribution in [0.15, 0.2) is 41.8 Å². The molecule has 4 nitrogen and oxygen atoms in total. The molecule has 1 aromatic carbocycles. The lowest BCUT2D eigenvalue weighted by Gasteiger charge is -2.07. The van der Waals surface area contributed by atoms with Crippen molar-refractivity contribution in [2.75, 3.05) is 5.32 Å². The molecule has 0 bridgehead atoms. The highest BCUT2D eigenvalue weighted by atomic mass is 32.1. The van der Waals surface area contributed by atoms with Crippen molar-refractivity contribution < 1.29 is 4.79 Å². The molecule has 0 radical (unpaired) electrons. The molecule has 2 heterocycles. The van der Waals surface area contributed by atoms with E-state index >= 15 is 0 Å². The summed E-state index contributed by atoms with van der Waals surface area (Å²) in [5, 5.41) is 5.16. The van der Waals surface area contributed by atoms with Crippen molar-refractivity contribution in [3.63, 3.8) is 0 Å². The van der Waals surface area contributed by atoms with Gasteiger partial charge in [0.1, 0.15) is 5.69 Å². The number of aromatic nitrogens is 2. The van der Waals surface area contributed by atoms with Gasteiger partial charge in [-0.3, -0.25) is 4.79 Å². The number of nitrogens with zero attached hydrogens (tertiary/aromatic N) is 2. The van der Waals surface area contributed by atoms with Gasteiger partial charge in [-0.15, -0.1) is 11.3 Å². The Hall–Kier alpha value is -2.27. The number of anilines is 1.